The van der Waals surface area contributed by atoms with Gasteiger partial charge in [-0.05, 0) is 85.3 Å². The van der Waals surface area contributed by atoms with Crippen LogP contribution in [0.25, 0.3) is 11.1 Å². The normalized spacial score (nSPS) is 11.5. The fourth-order valence-electron chi connectivity index (χ4n) is 3.75. The van der Waals surface area contributed by atoms with Gasteiger partial charge in [0.1, 0.15) is 0 Å². The zero-order valence-electron chi connectivity index (χ0n) is 19.1. The molecule has 2 nitrogen and oxygen atoms in total. The van der Waals surface area contributed by atoms with E-state index in [1.807, 2.05) is 12.4 Å². The molecule has 2 heteroatoms. The zero-order valence-corrected chi connectivity index (χ0v) is 19.1. The highest BCUT2D eigenvalue weighted by Gasteiger charge is 2.04. The Bertz CT molecular complexity index is 1210. The fourth-order valence-corrected chi connectivity index (χ4v) is 3.75. The molecule has 0 saturated heterocycles. The first kappa shape index (κ1) is 21.5. The molecule has 0 saturated carbocycles. The number of hydrogen-bond donors (Lipinski definition) is 0. The van der Waals surface area contributed by atoms with Crippen molar-refractivity contribution in [3.05, 3.63) is 118 Å². The predicted molar refractivity (Wildman–Crippen MR) is 138 cm³/mol. The third-order valence-corrected chi connectivity index (χ3v) is 5.52. The Balaban J connectivity index is 1.53. The van der Waals surface area contributed by atoms with Crippen LogP contribution < -0.4 is 0 Å². The third kappa shape index (κ3) is 5.28. The first-order chi connectivity index (χ1) is 15.5. The van der Waals surface area contributed by atoms with Gasteiger partial charge in [-0.1, -0.05) is 71.8 Å². The molecule has 4 aromatic carbocycles. The van der Waals surface area contributed by atoms with Crippen LogP contribution in [-0.4, -0.2) is 12.4 Å². The van der Waals surface area contributed by atoms with E-state index in [1.54, 1.807) is 0 Å². The molecule has 0 aliphatic carbocycles. The van der Waals surface area contributed by atoms with Gasteiger partial charge in [-0.2, -0.15) is 0 Å². The van der Waals surface area contributed by atoms with Crippen molar-refractivity contribution in [1.29, 1.82) is 0 Å². The molecule has 32 heavy (non-hydrogen) atoms. The largest absolute Gasteiger partial charge is 0.256 e. The van der Waals surface area contributed by atoms with Crippen molar-refractivity contribution in [3.63, 3.8) is 0 Å². The van der Waals surface area contributed by atoms with Crippen LogP contribution in [-0.2, 0) is 0 Å². The monoisotopic (exact) mass is 416 g/mol. The highest BCUT2D eigenvalue weighted by molar-refractivity contribution is 5.84. The molecular formula is C30H28N2. The fraction of sp³-hybridized carbons (Fsp3) is 0.133. The first-order valence-corrected chi connectivity index (χ1v) is 10.9. The lowest BCUT2D eigenvalue weighted by atomic mass is 10.00. The Morgan fingerprint density at radius 1 is 0.500 bits per heavy atom. The van der Waals surface area contributed by atoms with Crippen LogP contribution in [0.2, 0.25) is 0 Å². The second-order valence-electron chi connectivity index (χ2n) is 8.35. The SMILES string of the molecule is Cc1cccc(C=Nc2ccc(-c3ccc(N=Cc4cccc(C)c4)c(C)c3)cc2C)c1. The Morgan fingerprint density at radius 3 is 1.31 bits per heavy atom. The molecule has 0 fully saturated rings. The van der Waals surface area contributed by atoms with Gasteiger partial charge in [-0.3, -0.25) is 9.98 Å². The summed E-state index contributed by atoms with van der Waals surface area (Å²) in [6.45, 7) is 8.41. The van der Waals surface area contributed by atoms with Gasteiger partial charge in [-0.25, -0.2) is 0 Å². The highest BCUT2D eigenvalue weighted by Crippen LogP contribution is 2.30. The summed E-state index contributed by atoms with van der Waals surface area (Å²) in [5.74, 6) is 0. The van der Waals surface area contributed by atoms with Crippen molar-refractivity contribution < 1.29 is 0 Å². The molecule has 0 bridgehead atoms. The quantitative estimate of drug-likeness (QED) is 0.294. The van der Waals surface area contributed by atoms with Crippen molar-refractivity contribution in [2.24, 2.45) is 9.98 Å². The van der Waals surface area contributed by atoms with Gasteiger partial charge in [0.25, 0.3) is 0 Å². The van der Waals surface area contributed by atoms with E-state index in [-0.39, 0.29) is 0 Å². The summed E-state index contributed by atoms with van der Waals surface area (Å²) in [5.41, 5.74) is 11.4. The number of nitrogens with zero attached hydrogens (tertiary/aromatic N) is 2. The van der Waals surface area contributed by atoms with Crippen molar-refractivity contribution in [2.45, 2.75) is 27.7 Å². The number of benzene rings is 4. The lowest BCUT2D eigenvalue weighted by molar-refractivity contribution is 1.38. The lowest BCUT2D eigenvalue weighted by Crippen LogP contribution is -1.86. The summed E-state index contributed by atoms with van der Waals surface area (Å²) in [5, 5.41) is 0. The summed E-state index contributed by atoms with van der Waals surface area (Å²) in [7, 11) is 0. The summed E-state index contributed by atoms with van der Waals surface area (Å²) in [6, 6.07) is 29.6. The second kappa shape index (κ2) is 9.57. The summed E-state index contributed by atoms with van der Waals surface area (Å²) in [4.78, 5) is 9.40. The van der Waals surface area contributed by atoms with E-state index in [9.17, 15) is 0 Å². The van der Waals surface area contributed by atoms with Gasteiger partial charge in [0.15, 0.2) is 0 Å². The molecule has 158 valence electrons. The molecular weight excluding hydrogens is 388 g/mol. The Morgan fingerprint density at radius 2 is 0.938 bits per heavy atom. The number of hydrogen-bond acceptors (Lipinski definition) is 2. The lowest BCUT2D eigenvalue weighted by Gasteiger charge is -2.08. The van der Waals surface area contributed by atoms with Crippen LogP contribution in [0.3, 0.4) is 0 Å². The smallest absolute Gasteiger partial charge is 0.0659 e. The van der Waals surface area contributed by atoms with Crippen LogP contribution >= 0.6 is 0 Å². The minimum atomic E-state index is 0.992. The van der Waals surface area contributed by atoms with Gasteiger partial charge in [0.2, 0.25) is 0 Å². The van der Waals surface area contributed by atoms with E-state index >= 15 is 0 Å². The molecule has 0 spiro atoms. The maximum Gasteiger partial charge on any atom is 0.0659 e. The van der Waals surface area contributed by atoms with Crippen LogP contribution in [0, 0.1) is 27.7 Å². The summed E-state index contributed by atoms with van der Waals surface area (Å²) in [6.07, 6.45) is 3.86. The summed E-state index contributed by atoms with van der Waals surface area (Å²) >= 11 is 0. The van der Waals surface area contributed by atoms with Gasteiger partial charge in [0.05, 0.1) is 11.4 Å². The molecule has 0 N–H and O–H groups in total. The Kier molecular flexibility index (Phi) is 6.42. The highest BCUT2D eigenvalue weighted by atomic mass is 14.7. The maximum atomic E-state index is 4.70. The molecule has 0 aliphatic rings. The average Bonchev–Trinajstić information content (AvgIpc) is 2.77. The number of rotatable bonds is 5. The van der Waals surface area contributed by atoms with E-state index in [2.05, 4.69) is 113 Å². The number of aryl methyl sites for hydroxylation is 4. The molecule has 0 aliphatic heterocycles. The van der Waals surface area contributed by atoms with E-state index in [0.29, 0.717) is 0 Å². The Hall–Kier alpha value is -3.78. The molecule has 0 unspecified atom stereocenters. The first-order valence-electron chi connectivity index (χ1n) is 10.9. The molecule has 4 rings (SSSR count). The van der Waals surface area contributed by atoms with Crippen molar-refractivity contribution >= 4 is 23.8 Å². The second-order valence-corrected chi connectivity index (χ2v) is 8.35. The van der Waals surface area contributed by atoms with E-state index in [0.717, 1.165) is 33.6 Å². The standard InChI is InChI=1S/C30H28N2/c1-21-7-5-9-25(15-21)19-31-29-13-11-27(17-23(29)3)28-12-14-30(24(4)18-28)32-20-26-10-6-8-22(2)16-26/h5-20H,1-4H3. The molecule has 4 aromatic rings. The molecule has 0 heterocycles. The van der Waals surface area contributed by atoms with Crippen molar-refractivity contribution in [3.8, 4) is 11.1 Å². The van der Waals surface area contributed by atoms with E-state index in [1.165, 1.54) is 22.3 Å². The van der Waals surface area contributed by atoms with Crippen molar-refractivity contribution in [1.82, 2.24) is 0 Å². The predicted octanol–water partition coefficient (Wildman–Crippen LogP) is 8.09. The van der Waals surface area contributed by atoms with Crippen LogP contribution in [0.4, 0.5) is 11.4 Å². The topological polar surface area (TPSA) is 24.7 Å². The Labute approximate surface area is 191 Å². The summed E-state index contributed by atoms with van der Waals surface area (Å²) < 4.78 is 0. The van der Waals surface area contributed by atoms with Gasteiger partial charge in [0, 0.05) is 12.4 Å². The van der Waals surface area contributed by atoms with Crippen LogP contribution in [0.15, 0.2) is 94.9 Å². The molecule has 0 radical (unpaired) electrons. The van der Waals surface area contributed by atoms with Crippen molar-refractivity contribution in [2.75, 3.05) is 0 Å². The third-order valence-electron chi connectivity index (χ3n) is 5.52. The molecule has 0 amide bonds. The zero-order chi connectivity index (χ0) is 22.5. The molecule has 0 aromatic heterocycles. The van der Waals surface area contributed by atoms with E-state index < -0.39 is 0 Å². The van der Waals surface area contributed by atoms with Gasteiger partial charge < -0.3 is 0 Å². The average molecular weight is 417 g/mol. The molecule has 0 atom stereocenters. The van der Waals surface area contributed by atoms with Crippen LogP contribution in [0.1, 0.15) is 33.4 Å². The van der Waals surface area contributed by atoms with Crippen LogP contribution in [0.5, 0.6) is 0 Å². The van der Waals surface area contributed by atoms with Gasteiger partial charge in [-0.15, -0.1) is 0 Å². The minimum absolute atomic E-state index is 0.992. The van der Waals surface area contributed by atoms with E-state index in [4.69, 9.17) is 9.98 Å². The minimum Gasteiger partial charge on any atom is -0.256 e. The number of aliphatic imine (C=N–C) groups is 2. The van der Waals surface area contributed by atoms with Gasteiger partial charge >= 0.3 is 0 Å². The maximum absolute atomic E-state index is 4.70.